The molecule has 0 unspecified atom stereocenters. The summed E-state index contributed by atoms with van der Waals surface area (Å²) < 4.78 is 0. The van der Waals surface area contributed by atoms with Crippen molar-refractivity contribution in [2.24, 2.45) is 16.6 Å². The van der Waals surface area contributed by atoms with Crippen molar-refractivity contribution < 1.29 is 4.79 Å². The molecule has 0 radical (unpaired) electrons. The van der Waals surface area contributed by atoms with Gasteiger partial charge in [0.1, 0.15) is 0 Å². The third-order valence-electron chi connectivity index (χ3n) is 4.69. The molecule has 0 bridgehead atoms. The average Bonchev–Trinajstić information content (AvgIpc) is 3.16. The van der Waals surface area contributed by atoms with Gasteiger partial charge >= 0.3 is 0 Å². The van der Waals surface area contributed by atoms with Crippen molar-refractivity contribution in [2.45, 2.75) is 72.1 Å². The quantitative estimate of drug-likeness (QED) is 0.639. The average molecular weight is 268 g/mol. The van der Waals surface area contributed by atoms with Crippen LogP contribution in [0.25, 0.3) is 0 Å². The van der Waals surface area contributed by atoms with E-state index >= 15 is 0 Å². The van der Waals surface area contributed by atoms with Gasteiger partial charge in [-0.15, -0.1) is 0 Å². The van der Waals surface area contributed by atoms with Crippen LogP contribution in [0, 0.1) is 10.8 Å². The first-order chi connectivity index (χ1) is 9.08. The van der Waals surface area contributed by atoms with Crippen LogP contribution in [0.2, 0.25) is 0 Å². The van der Waals surface area contributed by atoms with Gasteiger partial charge in [-0.3, -0.25) is 4.79 Å². The van der Waals surface area contributed by atoms with Crippen LogP contribution in [-0.2, 0) is 4.79 Å². The molecular weight excluding hydrogens is 236 g/mol. The smallest absolute Gasteiger partial charge is 0.227 e. The highest BCUT2D eigenvalue weighted by Crippen LogP contribution is 2.49. The van der Waals surface area contributed by atoms with E-state index in [1.54, 1.807) is 0 Å². The van der Waals surface area contributed by atoms with Crippen molar-refractivity contribution in [3.63, 3.8) is 0 Å². The number of nitrogens with two attached hydrogens (primary N) is 1. The second-order valence-corrected chi connectivity index (χ2v) is 6.42. The lowest BCUT2D eigenvalue weighted by Gasteiger charge is -2.31. The molecular formula is C16H32N2O. The number of amides is 1. The van der Waals surface area contributed by atoms with Gasteiger partial charge in [-0.25, -0.2) is 0 Å². The summed E-state index contributed by atoms with van der Waals surface area (Å²) in [6, 6.07) is 0. The summed E-state index contributed by atoms with van der Waals surface area (Å²) in [4.78, 5) is 12.6. The van der Waals surface area contributed by atoms with Crippen molar-refractivity contribution in [1.82, 2.24) is 5.32 Å². The minimum Gasteiger partial charge on any atom is -0.355 e. The van der Waals surface area contributed by atoms with Crippen molar-refractivity contribution in [1.29, 1.82) is 0 Å². The van der Waals surface area contributed by atoms with Crippen LogP contribution in [-0.4, -0.2) is 19.0 Å². The lowest BCUT2D eigenvalue weighted by Crippen LogP contribution is -2.47. The maximum Gasteiger partial charge on any atom is 0.227 e. The van der Waals surface area contributed by atoms with Gasteiger partial charge in [0.2, 0.25) is 5.91 Å². The second-order valence-electron chi connectivity index (χ2n) is 6.42. The van der Waals surface area contributed by atoms with E-state index in [0.29, 0.717) is 12.0 Å². The molecule has 3 N–H and O–H groups in total. The summed E-state index contributed by atoms with van der Waals surface area (Å²) in [5.74, 6) is 0.195. The van der Waals surface area contributed by atoms with E-state index in [4.69, 9.17) is 5.73 Å². The minimum absolute atomic E-state index is 0.195. The summed E-state index contributed by atoms with van der Waals surface area (Å²) in [7, 11) is 0. The molecule has 0 aromatic carbocycles. The fourth-order valence-corrected chi connectivity index (χ4v) is 3.28. The predicted molar refractivity (Wildman–Crippen MR) is 80.9 cm³/mol. The van der Waals surface area contributed by atoms with Gasteiger partial charge in [0.25, 0.3) is 0 Å². The van der Waals surface area contributed by atoms with Gasteiger partial charge in [-0.05, 0) is 37.5 Å². The highest BCUT2D eigenvalue weighted by molar-refractivity contribution is 5.83. The Morgan fingerprint density at radius 3 is 2.11 bits per heavy atom. The second kappa shape index (κ2) is 7.28. The molecule has 1 aliphatic rings. The molecule has 1 aliphatic carbocycles. The molecule has 3 heteroatoms. The van der Waals surface area contributed by atoms with Crippen LogP contribution in [0.15, 0.2) is 0 Å². The molecule has 1 rings (SSSR count). The monoisotopic (exact) mass is 268 g/mol. The Bertz CT molecular complexity index is 278. The molecule has 0 aliphatic heterocycles. The van der Waals surface area contributed by atoms with E-state index in [2.05, 4.69) is 26.1 Å². The summed E-state index contributed by atoms with van der Waals surface area (Å²) in [6.45, 7) is 7.82. The van der Waals surface area contributed by atoms with Gasteiger partial charge in [0.05, 0.1) is 5.41 Å². The first-order valence-electron chi connectivity index (χ1n) is 8.06. The molecule has 0 atom stereocenters. The molecule has 0 spiro atoms. The lowest BCUT2D eigenvalue weighted by molar-refractivity contribution is -0.131. The largest absolute Gasteiger partial charge is 0.355 e. The van der Waals surface area contributed by atoms with E-state index in [1.165, 1.54) is 25.7 Å². The number of nitrogens with one attached hydrogen (secondary N) is 1. The first kappa shape index (κ1) is 16.5. The molecule has 0 saturated heterocycles. The van der Waals surface area contributed by atoms with E-state index in [0.717, 1.165) is 32.2 Å². The van der Waals surface area contributed by atoms with Crippen LogP contribution in [0.1, 0.15) is 72.1 Å². The van der Waals surface area contributed by atoms with Crippen molar-refractivity contribution in [2.75, 3.05) is 13.1 Å². The number of carbonyl (C=O) groups is 1. The Morgan fingerprint density at radius 2 is 1.74 bits per heavy atom. The molecule has 0 aromatic heterocycles. The van der Waals surface area contributed by atoms with Gasteiger partial charge in [0.15, 0.2) is 0 Å². The first-order valence-corrected chi connectivity index (χ1v) is 8.06. The predicted octanol–water partition coefficient (Wildman–Crippen LogP) is 3.23. The van der Waals surface area contributed by atoms with E-state index < -0.39 is 0 Å². The highest BCUT2D eigenvalue weighted by Gasteiger charge is 2.43. The normalized spacial score (nSPS) is 17.3. The van der Waals surface area contributed by atoms with Crippen molar-refractivity contribution in [3.05, 3.63) is 0 Å². The van der Waals surface area contributed by atoms with E-state index in [1.807, 2.05) is 0 Å². The molecule has 3 nitrogen and oxygen atoms in total. The number of hydrogen-bond donors (Lipinski definition) is 2. The zero-order valence-electron chi connectivity index (χ0n) is 13.1. The molecule has 1 fully saturated rings. The summed E-state index contributed by atoms with van der Waals surface area (Å²) >= 11 is 0. The minimum atomic E-state index is -0.328. The van der Waals surface area contributed by atoms with Crippen LogP contribution in [0.5, 0.6) is 0 Å². The highest BCUT2D eigenvalue weighted by atomic mass is 16.2. The molecule has 19 heavy (non-hydrogen) atoms. The van der Waals surface area contributed by atoms with Gasteiger partial charge in [-0.2, -0.15) is 0 Å². The van der Waals surface area contributed by atoms with Gasteiger partial charge < -0.3 is 11.1 Å². The third-order valence-corrected chi connectivity index (χ3v) is 4.69. The fourth-order valence-electron chi connectivity index (χ4n) is 3.28. The standard InChI is InChI=1S/C16H32N2O/c1-4-7-15(10-11-15)13-18-14(19)16(12-17,8-5-2)9-6-3/h4-13,17H2,1-3H3,(H,18,19). The summed E-state index contributed by atoms with van der Waals surface area (Å²) in [6.07, 6.45) is 8.85. The molecule has 0 heterocycles. The molecule has 112 valence electrons. The lowest BCUT2D eigenvalue weighted by atomic mass is 9.78. The molecule has 1 saturated carbocycles. The summed E-state index contributed by atoms with van der Waals surface area (Å²) in [5, 5.41) is 3.21. The Balaban J connectivity index is 2.56. The zero-order chi connectivity index (χ0) is 14.4. The Kier molecular flexibility index (Phi) is 6.31. The fraction of sp³-hybridized carbons (Fsp3) is 0.938. The van der Waals surface area contributed by atoms with Crippen LogP contribution < -0.4 is 11.1 Å². The van der Waals surface area contributed by atoms with E-state index in [9.17, 15) is 4.79 Å². The van der Waals surface area contributed by atoms with Crippen molar-refractivity contribution >= 4 is 5.91 Å². The van der Waals surface area contributed by atoms with Crippen LogP contribution >= 0.6 is 0 Å². The number of hydrogen-bond acceptors (Lipinski definition) is 2. The maximum absolute atomic E-state index is 12.6. The summed E-state index contributed by atoms with van der Waals surface area (Å²) in [5.41, 5.74) is 6.03. The maximum atomic E-state index is 12.6. The Hall–Kier alpha value is -0.570. The Labute approximate surface area is 118 Å². The Morgan fingerprint density at radius 1 is 1.16 bits per heavy atom. The SMILES string of the molecule is CCCC1(CNC(=O)C(CN)(CCC)CCC)CC1. The molecule has 0 aromatic rings. The van der Waals surface area contributed by atoms with Crippen molar-refractivity contribution in [3.8, 4) is 0 Å². The third kappa shape index (κ3) is 4.20. The van der Waals surface area contributed by atoms with Gasteiger partial charge in [-0.1, -0.05) is 40.0 Å². The zero-order valence-corrected chi connectivity index (χ0v) is 13.1. The van der Waals surface area contributed by atoms with Crippen LogP contribution in [0.4, 0.5) is 0 Å². The topological polar surface area (TPSA) is 55.1 Å². The number of carbonyl (C=O) groups excluding carboxylic acids is 1. The van der Waals surface area contributed by atoms with Crippen LogP contribution in [0.3, 0.4) is 0 Å². The van der Waals surface area contributed by atoms with Gasteiger partial charge in [0, 0.05) is 13.1 Å². The molecule has 1 amide bonds. The van der Waals surface area contributed by atoms with E-state index in [-0.39, 0.29) is 11.3 Å². The number of rotatable bonds is 10.